The second-order valence-electron chi connectivity index (χ2n) is 6.48. The molecule has 0 unspecified atom stereocenters. The summed E-state index contributed by atoms with van der Waals surface area (Å²) >= 11 is 0. The highest BCUT2D eigenvalue weighted by Gasteiger charge is 2.37. The Kier molecular flexibility index (Phi) is 6.26. The minimum absolute atomic E-state index is 0.0203. The summed E-state index contributed by atoms with van der Waals surface area (Å²) < 4.78 is 5.62. The Hall–Kier alpha value is -0.850. The Labute approximate surface area is 127 Å². The zero-order valence-corrected chi connectivity index (χ0v) is 13.1. The molecule has 1 aliphatic carbocycles. The molecule has 2 fully saturated rings. The number of aliphatic hydroxyl groups is 1. The summed E-state index contributed by atoms with van der Waals surface area (Å²) in [6.07, 6.45) is 5.32. The molecule has 0 aromatic rings. The Morgan fingerprint density at radius 1 is 1.29 bits per heavy atom. The second kappa shape index (κ2) is 7.96. The molecule has 0 spiro atoms. The minimum atomic E-state index is -0.564. The van der Waals surface area contributed by atoms with Gasteiger partial charge >= 0.3 is 6.03 Å². The summed E-state index contributed by atoms with van der Waals surface area (Å²) in [5, 5.41) is 19.3. The fourth-order valence-electron chi connectivity index (χ4n) is 3.09. The molecule has 0 bridgehead atoms. The molecule has 2 aliphatic rings. The van der Waals surface area contributed by atoms with Gasteiger partial charge in [-0.15, -0.1) is 0 Å². The van der Waals surface area contributed by atoms with E-state index in [4.69, 9.17) is 4.74 Å². The first-order chi connectivity index (χ1) is 10.1. The number of rotatable bonds is 5. The van der Waals surface area contributed by atoms with Gasteiger partial charge in [0.25, 0.3) is 0 Å². The van der Waals surface area contributed by atoms with E-state index in [0.717, 1.165) is 0 Å². The molecule has 3 atom stereocenters. The molecule has 6 nitrogen and oxygen atoms in total. The van der Waals surface area contributed by atoms with Crippen LogP contribution in [0.15, 0.2) is 0 Å². The molecule has 0 radical (unpaired) electrons. The maximum atomic E-state index is 11.5. The lowest BCUT2D eigenvalue weighted by molar-refractivity contribution is 0.0420. The minimum Gasteiger partial charge on any atom is -0.389 e. The number of hydrogen-bond acceptors (Lipinski definition) is 4. The van der Waals surface area contributed by atoms with Gasteiger partial charge < -0.3 is 25.8 Å². The van der Waals surface area contributed by atoms with Crippen molar-refractivity contribution in [1.29, 1.82) is 0 Å². The van der Waals surface area contributed by atoms with Gasteiger partial charge in [0.2, 0.25) is 0 Å². The normalized spacial score (nSPS) is 30.6. The van der Waals surface area contributed by atoms with Crippen LogP contribution in [0.2, 0.25) is 0 Å². The lowest BCUT2D eigenvalue weighted by atomic mass is 9.94. The van der Waals surface area contributed by atoms with Gasteiger partial charge in [0.05, 0.1) is 18.8 Å². The van der Waals surface area contributed by atoms with Crippen LogP contribution < -0.4 is 16.0 Å². The molecule has 1 aliphatic heterocycles. The van der Waals surface area contributed by atoms with Gasteiger partial charge in [-0.05, 0) is 26.7 Å². The topological polar surface area (TPSA) is 82.6 Å². The number of carbonyl (C=O) groups excluding carboxylic acids is 1. The highest BCUT2D eigenvalue weighted by atomic mass is 16.5. The zero-order valence-electron chi connectivity index (χ0n) is 13.1. The molecule has 4 N–H and O–H groups in total. The first-order valence-corrected chi connectivity index (χ1v) is 8.16. The van der Waals surface area contributed by atoms with Crippen LogP contribution in [0.5, 0.6) is 0 Å². The molecule has 0 aromatic carbocycles. The Morgan fingerprint density at radius 2 is 2.00 bits per heavy atom. The number of urea groups is 1. The molecule has 1 heterocycles. The van der Waals surface area contributed by atoms with Crippen LogP contribution in [-0.2, 0) is 4.74 Å². The van der Waals surface area contributed by atoms with Crippen molar-refractivity contribution in [1.82, 2.24) is 16.0 Å². The third-order valence-electron chi connectivity index (χ3n) is 4.22. The monoisotopic (exact) mass is 299 g/mol. The molecular formula is C15H29N3O3. The molecule has 21 heavy (non-hydrogen) atoms. The first kappa shape index (κ1) is 16.5. The van der Waals surface area contributed by atoms with Crippen molar-refractivity contribution in [2.24, 2.45) is 0 Å². The van der Waals surface area contributed by atoms with E-state index in [-0.39, 0.29) is 24.2 Å². The Morgan fingerprint density at radius 3 is 2.67 bits per heavy atom. The number of aliphatic hydroxyl groups excluding tert-OH is 1. The van der Waals surface area contributed by atoms with Crippen LogP contribution in [0.3, 0.4) is 0 Å². The number of ether oxygens (including phenoxy) is 1. The predicted molar refractivity (Wildman–Crippen MR) is 81.2 cm³/mol. The van der Waals surface area contributed by atoms with E-state index in [2.05, 4.69) is 16.0 Å². The van der Waals surface area contributed by atoms with Crippen LogP contribution in [-0.4, -0.2) is 54.6 Å². The van der Waals surface area contributed by atoms with Crippen molar-refractivity contribution in [2.45, 2.75) is 76.3 Å². The molecule has 2 amide bonds. The van der Waals surface area contributed by atoms with E-state index in [1.807, 2.05) is 13.8 Å². The third kappa shape index (κ3) is 5.13. The van der Waals surface area contributed by atoms with Gasteiger partial charge in [0.15, 0.2) is 0 Å². The molecular weight excluding hydrogens is 270 g/mol. The van der Waals surface area contributed by atoms with Crippen LogP contribution in [0, 0.1) is 0 Å². The molecule has 122 valence electrons. The van der Waals surface area contributed by atoms with Crippen molar-refractivity contribution in [3.05, 3.63) is 0 Å². The molecule has 1 saturated heterocycles. The van der Waals surface area contributed by atoms with Gasteiger partial charge in [0.1, 0.15) is 6.10 Å². The average Bonchev–Trinajstić information content (AvgIpc) is 2.78. The smallest absolute Gasteiger partial charge is 0.315 e. The van der Waals surface area contributed by atoms with Crippen molar-refractivity contribution in [2.75, 3.05) is 13.2 Å². The zero-order chi connectivity index (χ0) is 15.2. The van der Waals surface area contributed by atoms with E-state index in [9.17, 15) is 9.90 Å². The first-order valence-electron chi connectivity index (χ1n) is 8.16. The maximum absolute atomic E-state index is 11.5. The van der Waals surface area contributed by atoms with Crippen LogP contribution >= 0.6 is 0 Å². The number of hydrogen-bond donors (Lipinski definition) is 4. The highest BCUT2D eigenvalue weighted by molar-refractivity contribution is 5.74. The Bertz CT molecular complexity index is 332. The van der Waals surface area contributed by atoms with Crippen LogP contribution in [0.4, 0.5) is 4.79 Å². The van der Waals surface area contributed by atoms with Crippen molar-refractivity contribution in [3.63, 3.8) is 0 Å². The largest absolute Gasteiger partial charge is 0.389 e. The fraction of sp³-hybridized carbons (Fsp3) is 0.933. The van der Waals surface area contributed by atoms with Crippen molar-refractivity contribution in [3.8, 4) is 0 Å². The van der Waals surface area contributed by atoms with Gasteiger partial charge in [-0.2, -0.15) is 0 Å². The average molecular weight is 299 g/mol. The SMILES string of the molecule is CC(C)NC(=O)NC[C@H]1OC[C@@H](NC2CCCCC2)[C@@H]1O. The van der Waals surface area contributed by atoms with Gasteiger partial charge in [-0.1, -0.05) is 19.3 Å². The lowest BCUT2D eigenvalue weighted by Gasteiger charge is -2.27. The molecule has 1 saturated carbocycles. The van der Waals surface area contributed by atoms with Gasteiger partial charge in [-0.3, -0.25) is 0 Å². The predicted octanol–water partition coefficient (Wildman–Crippen LogP) is 0.745. The van der Waals surface area contributed by atoms with E-state index < -0.39 is 6.10 Å². The van der Waals surface area contributed by atoms with Crippen LogP contribution in [0.1, 0.15) is 46.0 Å². The van der Waals surface area contributed by atoms with Gasteiger partial charge in [-0.25, -0.2) is 4.79 Å². The summed E-state index contributed by atoms with van der Waals surface area (Å²) in [6.45, 7) is 4.66. The number of carbonyl (C=O) groups is 1. The summed E-state index contributed by atoms with van der Waals surface area (Å²) in [4.78, 5) is 11.5. The number of amides is 2. The summed E-state index contributed by atoms with van der Waals surface area (Å²) in [5.74, 6) is 0. The molecule has 6 heteroatoms. The van der Waals surface area contributed by atoms with Gasteiger partial charge in [0, 0.05) is 18.6 Å². The summed E-state index contributed by atoms with van der Waals surface area (Å²) in [5.41, 5.74) is 0. The Balaban J connectivity index is 1.70. The van der Waals surface area contributed by atoms with E-state index in [1.165, 1.54) is 32.1 Å². The summed E-state index contributed by atoms with van der Waals surface area (Å²) in [6, 6.07) is 0.357. The van der Waals surface area contributed by atoms with E-state index >= 15 is 0 Å². The number of nitrogens with one attached hydrogen (secondary N) is 3. The highest BCUT2D eigenvalue weighted by Crippen LogP contribution is 2.21. The lowest BCUT2D eigenvalue weighted by Crippen LogP contribution is -2.49. The summed E-state index contributed by atoms with van der Waals surface area (Å²) in [7, 11) is 0. The molecule has 2 rings (SSSR count). The van der Waals surface area contributed by atoms with Crippen LogP contribution in [0.25, 0.3) is 0 Å². The molecule has 0 aromatic heterocycles. The standard InChI is InChI=1S/C15H29N3O3/c1-10(2)17-15(20)16-8-13-14(19)12(9-21-13)18-11-6-4-3-5-7-11/h10-14,18-19H,3-9H2,1-2H3,(H2,16,17,20)/t12-,13-,14+/m1/s1. The maximum Gasteiger partial charge on any atom is 0.315 e. The van der Waals surface area contributed by atoms with E-state index in [0.29, 0.717) is 19.2 Å². The van der Waals surface area contributed by atoms with E-state index in [1.54, 1.807) is 0 Å². The fourth-order valence-corrected chi connectivity index (χ4v) is 3.09. The third-order valence-corrected chi connectivity index (χ3v) is 4.22. The van der Waals surface area contributed by atoms with Crippen molar-refractivity contribution < 1.29 is 14.6 Å². The second-order valence-corrected chi connectivity index (χ2v) is 6.48. The van der Waals surface area contributed by atoms with Crippen molar-refractivity contribution >= 4 is 6.03 Å². The quantitative estimate of drug-likeness (QED) is 0.603.